The van der Waals surface area contributed by atoms with E-state index in [4.69, 9.17) is 10.5 Å². The summed E-state index contributed by atoms with van der Waals surface area (Å²) in [6, 6.07) is 1.91. The van der Waals surface area contributed by atoms with Crippen LogP contribution in [-0.2, 0) is 4.74 Å². The van der Waals surface area contributed by atoms with E-state index in [1.807, 2.05) is 6.07 Å². The van der Waals surface area contributed by atoms with Gasteiger partial charge in [0, 0.05) is 26.0 Å². The Hall–Kier alpha value is -1.29. The maximum atomic E-state index is 5.68. The van der Waals surface area contributed by atoms with E-state index in [1.165, 1.54) is 0 Å². The number of hydrogen-bond acceptors (Lipinski definition) is 4. The van der Waals surface area contributed by atoms with Crippen molar-refractivity contribution in [2.24, 2.45) is 5.41 Å². The van der Waals surface area contributed by atoms with Crippen molar-refractivity contribution in [3.8, 4) is 0 Å². The molecule has 0 amide bonds. The van der Waals surface area contributed by atoms with Gasteiger partial charge >= 0.3 is 0 Å². The highest BCUT2D eigenvalue weighted by Crippen LogP contribution is 2.29. The predicted molar refractivity (Wildman–Crippen MR) is 65.3 cm³/mol. The predicted octanol–water partition coefficient (Wildman–Crippen LogP) is 1.89. The van der Waals surface area contributed by atoms with Crippen LogP contribution in [0.5, 0.6) is 0 Å². The Labute approximate surface area is 96.2 Å². The summed E-state index contributed by atoms with van der Waals surface area (Å²) in [6.07, 6.45) is 5.67. The third-order valence-corrected chi connectivity index (χ3v) is 3.18. The van der Waals surface area contributed by atoms with E-state index in [-0.39, 0.29) is 0 Å². The molecule has 1 saturated heterocycles. The Morgan fingerprint density at radius 1 is 1.44 bits per heavy atom. The Kier molecular flexibility index (Phi) is 3.29. The molecule has 2 rings (SSSR count). The van der Waals surface area contributed by atoms with Crippen molar-refractivity contribution in [2.75, 3.05) is 30.8 Å². The minimum atomic E-state index is 0.322. The Morgan fingerprint density at radius 3 is 2.88 bits per heavy atom. The zero-order valence-electron chi connectivity index (χ0n) is 9.70. The Morgan fingerprint density at radius 2 is 2.19 bits per heavy atom. The highest BCUT2D eigenvalue weighted by Gasteiger charge is 2.26. The van der Waals surface area contributed by atoms with E-state index in [0.717, 1.165) is 38.3 Å². The first-order valence-electron chi connectivity index (χ1n) is 5.70. The summed E-state index contributed by atoms with van der Waals surface area (Å²) in [6.45, 7) is 4.98. The number of nitrogens with one attached hydrogen (secondary N) is 1. The fraction of sp³-hybridized carbons (Fsp3) is 0.583. The van der Waals surface area contributed by atoms with Crippen LogP contribution in [0.3, 0.4) is 0 Å². The van der Waals surface area contributed by atoms with E-state index >= 15 is 0 Å². The summed E-state index contributed by atoms with van der Waals surface area (Å²) in [7, 11) is 0. The van der Waals surface area contributed by atoms with Gasteiger partial charge in [0.25, 0.3) is 0 Å². The molecule has 2 heterocycles. The van der Waals surface area contributed by atoms with Crippen molar-refractivity contribution in [3.05, 3.63) is 18.5 Å². The molecule has 0 spiro atoms. The lowest BCUT2D eigenvalue weighted by Crippen LogP contribution is -2.33. The fourth-order valence-corrected chi connectivity index (χ4v) is 1.91. The van der Waals surface area contributed by atoms with Gasteiger partial charge in [0.1, 0.15) is 0 Å². The number of rotatable bonds is 3. The number of anilines is 2. The molecule has 1 aromatic rings. The largest absolute Gasteiger partial charge is 0.397 e. The summed E-state index contributed by atoms with van der Waals surface area (Å²) < 4.78 is 5.38. The van der Waals surface area contributed by atoms with Crippen LogP contribution in [0, 0.1) is 5.41 Å². The van der Waals surface area contributed by atoms with Gasteiger partial charge in [0.15, 0.2) is 0 Å². The van der Waals surface area contributed by atoms with Crippen molar-refractivity contribution >= 4 is 11.4 Å². The third-order valence-electron chi connectivity index (χ3n) is 3.18. The molecule has 4 nitrogen and oxygen atoms in total. The van der Waals surface area contributed by atoms with E-state index < -0.39 is 0 Å². The smallest absolute Gasteiger partial charge is 0.0547 e. The summed E-state index contributed by atoms with van der Waals surface area (Å²) in [4.78, 5) is 4.06. The fourth-order valence-electron chi connectivity index (χ4n) is 1.91. The summed E-state index contributed by atoms with van der Waals surface area (Å²) in [5, 5.41) is 3.40. The van der Waals surface area contributed by atoms with E-state index in [1.54, 1.807) is 12.4 Å². The molecule has 1 fully saturated rings. The molecular weight excluding hydrogens is 202 g/mol. The Bertz CT molecular complexity index is 348. The molecule has 16 heavy (non-hydrogen) atoms. The van der Waals surface area contributed by atoms with Gasteiger partial charge in [-0.15, -0.1) is 0 Å². The van der Waals surface area contributed by atoms with Crippen molar-refractivity contribution < 1.29 is 4.74 Å². The van der Waals surface area contributed by atoms with Crippen LogP contribution >= 0.6 is 0 Å². The molecule has 0 atom stereocenters. The highest BCUT2D eigenvalue weighted by molar-refractivity contribution is 5.51. The molecule has 0 aliphatic carbocycles. The molecule has 0 saturated carbocycles. The van der Waals surface area contributed by atoms with Gasteiger partial charge in [0.05, 0.1) is 17.6 Å². The average molecular weight is 221 g/mol. The average Bonchev–Trinajstić information content (AvgIpc) is 2.28. The lowest BCUT2D eigenvalue weighted by atomic mass is 9.82. The quantitative estimate of drug-likeness (QED) is 0.818. The molecule has 1 aliphatic rings. The lowest BCUT2D eigenvalue weighted by molar-refractivity contribution is 0.0300. The lowest BCUT2D eigenvalue weighted by Gasteiger charge is -2.33. The first kappa shape index (κ1) is 11.2. The molecule has 1 aromatic heterocycles. The molecule has 1 aliphatic heterocycles. The number of ether oxygens (including phenoxy) is 1. The van der Waals surface area contributed by atoms with E-state index in [0.29, 0.717) is 11.1 Å². The van der Waals surface area contributed by atoms with E-state index in [2.05, 4.69) is 17.2 Å². The summed E-state index contributed by atoms with van der Waals surface area (Å²) in [5.41, 5.74) is 7.69. The number of aromatic nitrogens is 1. The van der Waals surface area contributed by atoms with Crippen LogP contribution in [0.25, 0.3) is 0 Å². The second-order valence-electron chi connectivity index (χ2n) is 4.78. The zero-order valence-corrected chi connectivity index (χ0v) is 9.70. The zero-order chi connectivity index (χ0) is 11.4. The van der Waals surface area contributed by atoms with E-state index in [9.17, 15) is 0 Å². The maximum Gasteiger partial charge on any atom is 0.0547 e. The molecule has 3 N–H and O–H groups in total. The van der Waals surface area contributed by atoms with Gasteiger partial charge < -0.3 is 15.8 Å². The first-order chi connectivity index (χ1) is 7.68. The maximum absolute atomic E-state index is 5.68. The van der Waals surface area contributed by atoms with Crippen molar-refractivity contribution in [3.63, 3.8) is 0 Å². The molecule has 0 unspecified atom stereocenters. The summed E-state index contributed by atoms with van der Waals surface area (Å²) in [5.74, 6) is 0. The molecule has 0 bridgehead atoms. The molecule has 0 aromatic carbocycles. The van der Waals surface area contributed by atoms with Gasteiger partial charge in [-0.25, -0.2) is 0 Å². The van der Waals surface area contributed by atoms with Crippen LogP contribution in [0.15, 0.2) is 18.5 Å². The number of hydrogen-bond donors (Lipinski definition) is 2. The second kappa shape index (κ2) is 4.70. The van der Waals surface area contributed by atoms with Crippen molar-refractivity contribution in [1.82, 2.24) is 4.98 Å². The van der Waals surface area contributed by atoms with Gasteiger partial charge in [-0.3, -0.25) is 4.98 Å². The first-order valence-corrected chi connectivity index (χ1v) is 5.70. The van der Waals surface area contributed by atoms with Crippen LogP contribution in [0.2, 0.25) is 0 Å². The van der Waals surface area contributed by atoms with Crippen LogP contribution < -0.4 is 11.1 Å². The minimum Gasteiger partial charge on any atom is -0.397 e. The monoisotopic (exact) mass is 221 g/mol. The van der Waals surface area contributed by atoms with Gasteiger partial charge in [-0.1, -0.05) is 6.92 Å². The van der Waals surface area contributed by atoms with Gasteiger partial charge in [0.2, 0.25) is 0 Å². The number of pyridine rings is 1. The molecular formula is C12H19N3O. The molecule has 0 radical (unpaired) electrons. The number of nitrogens with two attached hydrogens (primary N) is 1. The minimum absolute atomic E-state index is 0.322. The van der Waals surface area contributed by atoms with Crippen LogP contribution in [0.4, 0.5) is 11.4 Å². The number of nitrogens with zero attached hydrogens (tertiary/aromatic N) is 1. The van der Waals surface area contributed by atoms with Crippen molar-refractivity contribution in [1.29, 1.82) is 0 Å². The SMILES string of the molecule is CC1(CNc2cncc(N)c2)CCOCC1. The highest BCUT2D eigenvalue weighted by atomic mass is 16.5. The number of nitrogen functional groups attached to an aromatic ring is 1. The standard InChI is InChI=1S/C12H19N3O/c1-12(2-4-16-5-3-12)9-15-11-6-10(13)7-14-8-11/h6-8,15H,2-5,9,13H2,1H3. The van der Waals surface area contributed by atoms with Gasteiger partial charge in [-0.2, -0.15) is 0 Å². The topological polar surface area (TPSA) is 60.2 Å². The van der Waals surface area contributed by atoms with Crippen molar-refractivity contribution in [2.45, 2.75) is 19.8 Å². The summed E-state index contributed by atoms with van der Waals surface area (Å²) >= 11 is 0. The third kappa shape index (κ3) is 2.85. The molecule has 4 heteroatoms. The second-order valence-corrected chi connectivity index (χ2v) is 4.78. The molecule has 88 valence electrons. The normalized spacial score (nSPS) is 19.3. The van der Waals surface area contributed by atoms with Crippen LogP contribution in [-0.4, -0.2) is 24.7 Å². The Balaban J connectivity index is 1.91. The van der Waals surface area contributed by atoms with Crippen LogP contribution in [0.1, 0.15) is 19.8 Å². The van der Waals surface area contributed by atoms with Gasteiger partial charge in [-0.05, 0) is 24.3 Å².